The molecule has 2 fully saturated rings. The Labute approximate surface area is 178 Å². The fraction of sp³-hybridized carbons (Fsp3) is 0.611. The average molecular weight is 476 g/mol. The van der Waals surface area contributed by atoms with E-state index < -0.39 is 24.3 Å². The van der Waals surface area contributed by atoms with Gasteiger partial charge >= 0.3 is 24.3 Å². The molecule has 0 bridgehead atoms. The van der Waals surface area contributed by atoms with E-state index in [0.29, 0.717) is 6.04 Å². The third kappa shape index (κ3) is 8.96. The van der Waals surface area contributed by atoms with Crippen molar-refractivity contribution in [1.29, 1.82) is 0 Å². The van der Waals surface area contributed by atoms with E-state index in [9.17, 15) is 26.3 Å². The number of pyridine rings is 1. The molecule has 1 aromatic rings. The van der Waals surface area contributed by atoms with Crippen LogP contribution in [0.25, 0.3) is 0 Å². The molecular weight excluding hydrogens is 454 g/mol. The second-order valence-electron chi connectivity index (χ2n) is 6.69. The fourth-order valence-electron chi connectivity index (χ4n) is 3.17. The van der Waals surface area contributed by atoms with E-state index in [0.717, 1.165) is 26.1 Å². The number of rotatable bonds is 3. The molecule has 1 aliphatic heterocycles. The zero-order chi connectivity index (χ0) is 24.5. The molecule has 1 saturated carbocycles. The van der Waals surface area contributed by atoms with Gasteiger partial charge in [0.1, 0.15) is 0 Å². The lowest BCUT2D eigenvalue weighted by Crippen LogP contribution is -2.51. The largest absolute Gasteiger partial charge is 0.490 e. The molecule has 32 heavy (non-hydrogen) atoms. The van der Waals surface area contributed by atoms with Gasteiger partial charge in [-0.25, -0.2) is 9.59 Å². The van der Waals surface area contributed by atoms with Crippen LogP contribution in [0.4, 0.5) is 26.3 Å². The number of methoxy groups -OCH3 is 1. The third-order valence-corrected chi connectivity index (χ3v) is 4.55. The third-order valence-electron chi connectivity index (χ3n) is 4.55. The monoisotopic (exact) mass is 476 g/mol. The summed E-state index contributed by atoms with van der Waals surface area (Å²) in [5.74, 6) is -5.51. The lowest BCUT2D eigenvalue weighted by atomic mass is 10.1. The molecule has 0 spiro atoms. The van der Waals surface area contributed by atoms with Gasteiger partial charge < -0.3 is 19.7 Å². The van der Waals surface area contributed by atoms with Crippen LogP contribution in [0.5, 0.6) is 0 Å². The molecule has 2 N–H and O–H groups in total. The van der Waals surface area contributed by atoms with Gasteiger partial charge in [-0.2, -0.15) is 26.3 Å². The van der Waals surface area contributed by atoms with Crippen LogP contribution in [-0.4, -0.2) is 82.9 Å². The topological polar surface area (TPSA) is 109 Å². The van der Waals surface area contributed by atoms with Crippen LogP contribution in [0, 0.1) is 0 Å². The predicted octanol–water partition coefficient (Wildman–Crippen LogP) is 2.73. The summed E-state index contributed by atoms with van der Waals surface area (Å²) in [6, 6.07) is 4.64. The molecule has 0 amide bonds. The number of halogens is 6. The summed E-state index contributed by atoms with van der Waals surface area (Å²) in [6.07, 6.45) is -3.60. The molecule has 182 valence electrons. The lowest BCUT2D eigenvalue weighted by molar-refractivity contribution is -0.193. The maximum Gasteiger partial charge on any atom is 0.490 e. The number of morpholine rings is 1. The van der Waals surface area contributed by atoms with E-state index >= 15 is 0 Å². The van der Waals surface area contributed by atoms with Gasteiger partial charge in [0.2, 0.25) is 0 Å². The van der Waals surface area contributed by atoms with E-state index in [-0.39, 0.29) is 12.2 Å². The Kier molecular flexibility index (Phi) is 10.3. The number of carboxylic acids is 2. The minimum atomic E-state index is -5.08. The standard InChI is InChI=1S/C14H20N2O2.2C2HF3O2/c1-17-13-5-4-12-14(13)18-8-7-16(12)10-11-3-2-6-15-9-11;2*3-2(4,5)1(6)7/h2-3,6,9,12-14H,4-5,7-8,10H2,1H3;2*(H,6,7)/t12-,13+,14+;;/m0../s1. The number of carboxylic acid groups (broad SMARTS) is 2. The summed E-state index contributed by atoms with van der Waals surface area (Å²) in [5.41, 5.74) is 1.28. The number of alkyl halides is 6. The SMILES string of the molecule is CO[C@@H]1CC[C@H]2[C@H]1OCCN2Cc1cccnc1.O=C(O)C(F)(F)F.O=C(O)C(F)(F)F. The highest BCUT2D eigenvalue weighted by Gasteiger charge is 2.42. The first-order chi connectivity index (χ1) is 14.8. The minimum Gasteiger partial charge on any atom is -0.475 e. The molecule has 1 aliphatic carbocycles. The Morgan fingerprint density at radius 3 is 2.16 bits per heavy atom. The minimum absolute atomic E-state index is 0.250. The quantitative estimate of drug-likeness (QED) is 0.642. The number of aliphatic carboxylic acids is 2. The number of aromatic nitrogens is 1. The molecule has 2 aliphatic rings. The van der Waals surface area contributed by atoms with Gasteiger partial charge in [-0.3, -0.25) is 9.88 Å². The molecule has 3 rings (SSSR count). The van der Waals surface area contributed by atoms with Crippen LogP contribution < -0.4 is 0 Å². The smallest absolute Gasteiger partial charge is 0.475 e. The first-order valence-electron chi connectivity index (χ1n) is 9.15. The Bertz CT molecular complexity index is 707. The van der Waals surface area contributed by atoms with Crippen LogP contribution in [-0.2, 0) is 25.6 Å². The Balaban J connectivity index is 0.000000305. The molecular formula is C18H22F6N2O6. The second kappa shape index (κ2) is 12.0. The summed E-state index contributed by atoms with van der Waals surface area (Å²) in [5, 5.41) is 14.2. The van der Waals surface area contributed by atoms with E-state index in [1.54, 1.807) is 7.11 Å². The van der Waals surface area contributed by atoms with Crippen molar-refractivity contribution in [2.24, 2.45) is 0 Å². The first kappa shape index (κ1) is 27.6. The highest BCUT2D eigenvalue weighted by molar-refractivity contribution is 5.73. The van der Waals surface area contributed by atoms with Gasteiger partial charge in [0.15, 0.2) is 0 Å². The Hall–Kier alpha value is -2.45. The summed E-state index contributed by atoms with van der Waals surface area (Å²) in [4.78, 5) is 24.5. The molecule has 0 radical (unpaired) electrons. The Morgan fingerprint density at radius 2 is 1.72 bits per heavy atom. The van der Waals surface area contributed by atoms with Gasteiger partial charge in [-0.05, 0) is 24.5 Å². The summed E-state index contributed by atoms with van der Waals surface area (Å²) >= 11 is 0. The molecule has 0 aromatic carbocycles. The highest BCUT2D eigenvalue weighted by atomic mass is 19.4. The van der Waals surface area contributed by atoms with Crippen molar-refractivity contribution in [2.45, 2.75) is 50.0 Å². The van der Waals surface area contributed by atoms with Crippen LogP contribution >= 0.6 is 0 Å². The van der Waals surface area contributed by atoms with Crippen molar-refractivity contribution in [3.63, 3.8) is 0 Å². The van der Waals surface area contributed by atoms with Crippen molar-refractivity contribution in [1.82, 2.24) is 9.88 Å². The van der Waals surface area contributed by atoms with Gasteiger partial charge in [-0.15, -0.1) is 0 Å². The van der Waals surface area contributed by atoms with Crippen molar-refractivity contribution >= 4 is 11.9 Å². The highest BCUT2D eigenvalue weighted by Crippen LogP contribution is 2.32. The number of ether oxygens (including phenoxy) is 2. The maximum absolute atomic E-state index is 10.6. The van der Waals surface area contributed by atoms with Gasteiger partial charge in [-0.1, -0.05) is 6.07 Å². The Morgan fingerprint density at radius 1 is 1.16 bits per heavy atom. The molecule has 2 heterocycles. The van der Waals surface area contributed by atoms with Crippen LogP contribution in [0.1, 0.15) is 18.4 Å². The normalized spacial score (nSPS) is 23.2. The molecule has 1 saturated heterocycles. The molecule has 8 nitrogen and oxygen atoms in total. The van der Waals surface area contributed by atoms with Crippen LogP contribution in [0.3, 0.4) is 0 Å². The number of hydrogen-bond acceptors (Lipinski definition) is 6. The van der Waals surface area contributed by atoms with Gasteiger partial charge in [0, 0.05) is 38.6 Å². The summed E-state index contributed by atoms with van der Waals surface area (Å²) < 4.78 is 74.9. The van der Waals surface area contributed by atoms with Crippen LogP contribution in [0.2, 0.25) is 0 Å². The molecule has 3 atom stereocenters. The molecule has 1 aromatic heterocycles. The molecule has 14 heteroatoms. The summed E-state index contributed by atoms with van der Waals surface area (Å²) in [7, 11) is 1.79. The van der Waals surface area contributed by atoms with Gasteiger partial charge in [0.05, 0.1) is 18.8 Å². The number of fused-ring (bicyclic) bond motifs is 1. The zero-order valence-corrected chi connectivity index (χ0v) is 16.8. The van der Waals surface area contributed by atoms with Crippen molar-refractivity contribution < 1.29 is 55.6 Å². The number of nitrogens with zero attached hydrogens (tertiary/aromatic N) is 2. The average Bonchev–Trinajstić information content (AvgIpc) is 3.12. The van der Waals surface area contributed by atoms with E-state index in [4.69, 9.17) is 29.3 Å². The first-order valence-corrected chi connectivity index (χ1v) is 9.15. The maximum atomic E-state index is 10.6. The zero-order valence-electron chi connectivity index (χ0n) is 16.8. The van der Waals surface area contributed by atoms with Crippen molar-refractivity contribution in [2.75, 3.05) is 20.3 Å². The lowest BCUT2D eigenvalue weighted by Gasteiger charge is -2.38. The van der Waals surface area contributed by atoms with Crippen LogP contribution in [0.15, 0.2) is 24.5 Å². The van der Waals surface area contributed by atoms with E-state index in [1.165, 1.54) is 12.0 Å². The number of hydrogen-bond donors (Lipinski definition) is 2. The number of carbonyl (C=O) groups is 2. The second-order valence-corrected chi connectivity index (χ2v) is 6.69. The predicted molar refractivity (Wildman–Crippen MR) is 95.6 cm³/mol. The van der Waals surface area contributed by atoms with E-state index in [2.05, 4.69) is 16.0 Å². The van der Waals surface area contributed by atoms with Gasteiger partial charge in [0.25, 0.3) is 0 Å². The van der Waals surface area contributed by atoms with E-state index in [1.807, 2.05) is 18.5 Å². The fourth-order valence-corrected chi connectivity index (χ4v) is 3.17. The van der Waals surface area contributed by atoms with Crippen molar-refractivity contribution in [3.8, 4) is 0 Å². The van der Waals surface area contributed by atoms with Crippen molar-refractivity contribution in [3.05, 3.63) is 30.1 Å². The summed E-state index contributed by atoms with van der Waals surface area (Å²) in [6.45, 7) is 2.78. The molecule has 0 unspecified atom stereocenters.